The summed E-state index contributed by atoms with van der Waals surface area (Å²) >= 11 is 0. The monoisotopic (exact) mass is 375 g/mol. The number of hydrogen-bond donors (Lipinski definition) is 1. The lowest BCUT2D eigenvalue weighted by molar-refractivity contribution is -0.388. The second-order valence-electron chi connectivity index (χ2n) is 6.60. The Hall–Kier alpha value is -1.22. The van der Waals surface area contributed by atoms with Crippen LogP contribution in [-0.4, -0.2) is 36.8 Å². The largest absolute Gasteiger partial charge is 0.327 e. The average molecular weight is 376 g/mol. The Kier molecular flexibility index (Phi) is 5.25. The second kappa shape index (κ2) is 6.59. The molecule has 1 saturated heterocycles. The molecule has 1 aliphatic carbocycles. The number of nitrogens with two attached hydrogens (primary N) is 1. The van der Waals surface area contributed by atoms with E-state index in [1.807, 2.05) is 0 Å². The number of halogens is 1. The zero-order chi connectivity index (χ0) is 16.9. The molecule has 0 amide bonds. The SMILES string of the molecule is Cc1ccc([N+](=O)[O-])c(S(=O)(=O)N2CC3CCC(N)C3C2)c1C.Cl. The highest BCUT2D eigenvalue weighted by Crippen LogP contribution is 2.41. The molecule has 1 aromatic rings. The van der Waals surface area contributed by atoms with Gasteiger partial charge in [-0.05, 0) is 49.7 Å². The third-order valence-electron chi connectivity index (χ3n) is 5.33. The minimum absolute atomic E-state index is 0. The van der Waals surface area contributed by atoms with Crippen LogP contribution >= 0.6 is 12.4 Å². The number of nitro groups is 1. The van der Waals surface area contributed by atoms with Crippen molar-refractivity contribution in [3.05, 3.63) is 33.4 Å². The fourth-order valence-electron chi connectivity index (χ4n) is 3.84. The Morgan fingerprint density at radius 1 is 1.25 bits per heavy atom. The molecule has 2 aliphatic rings. The lowest BCUT2D eigenvalue weighted by Gasteiger charge is -2.20. The highest BCUT2D eigenvalue weighted by atomic mass is 35.5. The molecule has 0 radical (unpaired) electrons. The van der Waals surface area contributed by atoms with Crippen LogP contribution in [0, 0.1) is 35.8 Å². The summed E-state index contributed by atoms with van der Waals surface area (Å²) in [7, 11) is -3.90. The van der Waals surface area contributed by atoms with Gasteiger partial charge >= 0.3 is 0 Å². The van der Waals surface area contributed by atoms with Gasteiger partial charge in [0.15, 0.2) is 4.90 Å². The molecule has 7 nitrogen and oxygen atoms in total. The molecule has 9 heteroatoms. The molecule has 3 unspecified atom stereocenters. The number of sulfonamides is 1. The summed E-state index contributed by atoms with van der Waals surface area (Å²) in [5.74, 6) is 0.429. The number of rotatable bonds is 3. The predicted molar refractivity (Wildman–Crippen MR) is 92.8 cm³/mol. The molecule has 1 aliphatic heterocycles. The van der Waals surface area contributed by atoms with Gasteiger partial charge in [-0.25, -0.2) is 8.42 Å². The topological polar surface area (TPSA) is 107 Å². The van der Waals surface area contributed by atoms with Gasteiger partial charge in [0.1, 0.15) is 0 Å². The van der Waals surface area contributed by atoms with Gasteiger partial charge in [-0.15, -0.1) is 12.4 Å². The van der Waals surface area contributed by atoms with Gasteiger partial charge < -0.3 is 5.73 Å². The number of benzene rings is 1. The van der Waals surface area contributed by atoms with Crippen LogP contribution in [0.1, 0.15) is 24.0 Å². The Labute approximate surface area is 147 Å². The molecule has 134 valence electrons. The maximum Gasteiger partial charge on any atom is 0.289 e. The van der Waals surface area contributed by atoms with E-state index in [1.54, 1.807) is 19.9 Å². The lowest BCUT2D eigenvalue weighted by Crippen LogP contribution is -2.34. The minimum Gasteiger partial charge on any atom is -0.327 e. The van der Waals surface area contributed by atoms with Crippen molar-refractivity contribution in [3.8, 4) is 0 Å². The quantitative estimate of drug-likeness (QED) is 0.642. The average Bonchev–Trinajstić information content (AvgIpc) is 3.04. The van der Waals surface area contributed by atoms with E-state index in [4.69, 9.17) is 5.73 Å². The highest BCUT2D eigenvalue weighted by Gasteiger charge is 2.46. The van der Waals surface area contributed by atoms with E-state index in [2.05, 4.69) is 0 Å². The van der Waals surface area contributed by atoms with Crippen molar-refractivity contribution in [1.82, 2.24) is 4.31 Å². The zero-order valence-electron chi connectivity index (χ0n) is 13.6. The van der Waals surface area contributed by atoms with Crippen LogP contribution < -0.4 is 5.73 Å². The van der Waals surface area contributed by atoms with Crippen molar-refractivity contribution in [2.45, 2.75) is 37.6 Å². The first-order chi connectivity index (χ1) is 10.7. The number of aryl methyl sites for hydroxylation is 1. The summed E-state index contributed by atoms with van der Waals surface area (Å²) in [6.07, 6.45) is 1.85. The molecule has 1 heterocycles. The third kappa shape index (κ3) is 2.92. The van der Waals surface area contributed by atoms with Crippen molar-refractivity contribution in [1.29, 1.82) is 0 Å². The fourth-order valence-corrected chi connectivity index (χ4v) is 5.81. The normalized spacial score (nSPS) is 26.9. The van der Waals surface area contributed by atoms with Crippen LogP contribution in [0.3, 0.4) is 0 Å². The van der Waals surface area contributed by atoms with E-state index in [0.717, 1.165) is 18.4 Å². The molecule has 3 rings (SSSR count). The van der Waals surface area contributed by atoms with Gasteiger partial charge in [0.05, 0.1) is 4.92 Å². The molecule has 0 bridgehead atoms. The molecule has 0 aromatic heterocycles. The summed E-state index contributed by atoms with van der Waals surface area (Å²) in [6.45, 7) is 4.15. The van der Waals surface area contributed by atoms with E-state index in [9.17, 15) is 18.5 Å². The maximum atomic E-state index is 13.1. The minimum atomic E-state index is -3.90. The number of hydrogen-bond acceptors (Lipinski definition) is 5. The maximum absolute atomic E-state index is 13.1. The van der Waals surface area contributed by atoms with Crippen LogP contribution in [0.2, 0.25) is 0 Å². The summed E-state index contributed by atoms with van der Waals surface area (Å²) in [5, 5.41) is 11.3. The van der Waals surface area contributed by atoms with Gasteiger partial charge in [0.25, 0.3) is 5.69 Å². The number of nitro benzene ring substituents is 1. The van der Waals surface area contributed by atoms with Crippen LogP contribution in [0.25, 0.3) is 0 Å². The fraction of sp³-hybridized carbons (Fsp3) is 0.600. The van der Waals surface area contributed by atoms with Crippen LogP contribution in [-0.2, 0) is 10.0 Å². The van der Waals surface area contributed by atoms with Crippen LogP contribution in [0.15, 0.2) is 17.0 Å². The molecule has 1 aromatic carbocycles. The highest BCUT2D eigenvalue weighted by molar-refractivity contribution is 7.89. The molecule has 2 N–H and O–H groups in total. The summed E-state index contributed by atoms with van der Waals surface area (Å²) in [6, 6.07) is 2.88. The van der Waals surface area contributed by atoms with E-state index in [0.29, 0.717) is 18.7 Å². The summed E-state index contributed by atoms with van der Waals surface area (Å²) < 4.78 is 27.5. The number of nitrogens with zero attached hydrogens (tertiary/aromatic N) is 2. The second-order valence-corrected chi connectivity index (χ2v) is 8.47. The van der Waals surface area contributed by atoms with Crippen LogP contribution in [0.5, 0.6) is 0 Å². The molecule has 2 fully saturated rings. The lowest BCUT2D eigenvalue weighted by atomic mass is 9.98. The predicted octanol–water partition coefficient (Wildman–Crippen LogP) is 1.99. The van der Waals surface area contributed by atoms with E-state index in [-0.39, 0.29) is 40.9 Å². The smallest absolute Gasteiger partial charge is 0.289 e. The summed E-state index contributed by atoms with van der Waals surface area (Å²) in [4.78, 5) is 10.5. The van der Waals surface area contributed by atoms with Gasteiger partial charge in [-0.3, -0.25) is 10.1 Å². The van der Waals surface area contributed by atoms with Crippen molar-refractivity contribution >= 4 is 28.1 Å². The van der Waals surface area contributed by atoms with Crippen LogP contribution in [0.4, 0.5) is 5.69 Å². The first-order valence-electron chi connectivity index (χ1n) is 7.73. The Balaban J connectivity index is 0.00000208. The molecular formula is C15H22ClN3O4S. The van der Waals surface area contributed by atoms with E-state index >= 15 is 0 Å². The van der Waals surface area contributed by atoms with E-state index < -0.39 is 14.9 Å². The van der Waals surface area contributed by atoms with Crippen molar-refractivity contribution in [2.75, 3.05) is 13.1 Å². The Morgan fingerprint density at radius 3 is 2.50 bits per heavy atom. The molecule has 3 atom stereocenters. The molecular weight excluding hydrogens is 354 g/mol. The van der Waals surface area contributed by atoms with Gasteiger partial charge in [0.2, 0.25) is 10.0 Å². The van der Waals surface area contributed by atoms with Crippen molar-refractivity contribution in [2.24, 2.45) is 17.6 Å². The first kappa shape index (κ1) is 19.1. The summed E-state index contributed by atoms with van der Waals surface area (Å²) in [5.41, 5.74) is 6.89. The Bertz CT molecular complexity index is 768. The number of fused-ring (bicyclic) bond motifs is 1. The molecule has 1 saturated carbocycles. The van der Waals surface area contributed by atoms with Crippen molar-refractivity contribution in [3.63, 3.8) is 0 Å². The van der Waals surface area contributed by atoms with Gasteiger partial charge in [-0.2, -0.15) is 4.31 Å². The van der Waals surface area contributed by atoms with Gasteiger partial charge in [-0.1, -0.05) is 6.07 Å². The van der Waals surface area contributed by atoms with Crippen molar-refractivity contribution < 1.29 is 13.3 Å². The molecule has 0 spiro atoms. The molecule has 24 heavy (non-hydrogen) atoms. The van der Waals surface area contributed by atoms with Gasteiger partial charge in [0, 0.05) is 25.2 Å². The zero-order valence-corrected chi connectivity index (χ0v) is 15.3. The third-order valence-corrected chi connectivity index (χ3v) is 7.34. The first-order valence-corrected chi connectivity index (χ1v) is 9.17. The van der Waals surface area contributed by atoms with E-state index in [1.165, 1.54) is 10.4 Å². The standard InChI is InChI=1S/C15H21N3O4S.ClH/c1-9-3-6-14(18(19)20)15(10(9)2)23(21,22)17-7-11-4-5-13(16)12(11)8-17;/h3,6,11-13H,4-5,7-8,16H2,1-2H3;1H. The Morgan fingerprint density at radius 2 is 1.92 bits per heavy atom.